The summed E-state index contributed by atoms with van der Waals surface area (Å²) in [5, 5.41) is 15.6. The molecule has 1 aromatic rings. The van der Waals surface area contributed by atoms with Crippen molar-refractivity contribution in [2.24, 2.45) is 5.92 Å². The third kappa shape index (κ3) is 2.86. The first-order valence-corrected chi connectivity index (χ1v) is 4.17. The zero-order valence-corrected chi connectivity index (χ0v) is 7.82. The maximum Gasteiger partial charge on any atom is 0.224 e. The molecule has 0 fully saturated rings. The van der Waals surface area contributed by atoms with Crippen molar-refractivity contribution in [3.8, 4) is 12.3 Å². The van der Waals surface area contributed by atoms with Gasteiger partial charge in [-0.15, -0.1) is 17.4 Å². The van der Waals surface area contributed by atoms with Gasteiger partial charge in [0.25, 0.3) is 0 Å². The molecule has 0 unspecified atom stereocenters. The average molecular weight is 193 g/mol. The molecule has 0 aliphatic rings. The van der Waals surface area contributed by atoms with Crippen LogP contribution in [0.4, 0.5) is 0 Å². The first-order valence-electron chi connectivity index (χ1n) is 4.17. The van der Waals surface area contributed by atoms with Gasteiger partial charge < -0.3 is 5.32 Å². The molecule has 14 heavy (non-hydrogen) atoms. The molecule has 0 bridgehead atoms. The Morgan fingerprint density at radius 2 is 2.57 bits per heavy atom. The van der Waals surface area contributed by atoms with Crippen molar-refractivity contribution in [3.63, 3.8) is 0 Å². The van der Waals surface area contributed by atoms with Gasteiger partial charge in [-0.2, -0.15) is 0 Å². The Labute approximate surface area is 81.5 Å². The number of carbonyl (C=O) groups is 1. The number of hydrogen-bond donors (Lipinski definition) is 2. The van der Waals surface area contributed by atoms with E-state index in [0.29, 0.717) is 18.8 Å². The van der Waals surface area contributed by atoms with E-state index in [9.17, 15) is 4.79 Å². The van der Waals surface area contributed by atoms with Crippen molar-refractivity contribution in [2.75, 3.05) is 0 Å². The van der Waals surface area contributed by atoms with E-state index in [4.69, 9.17) is 6.42 Å². The van der Waals surface area contributed by atoms with E-state index in [1.54, 1.807) is 6.92 Å². The predicted octanol–water partition coefficient (Wildman–Crippen LogP) is -0.525. The minimum Gasteiger partial charge on any atom is -0.348 e. The Morgan fingerprint density at radius 1 is 1.79 bits per heavy atom. The Hall–Kier alpha value is -1.90. The van der Waals surface area contributed by atoms with Gasteiger partial charge in [0.2, 0.25) is 5.91 Å². The number of aromatic amines is 1. The first kappa shape index (κ1) is 10.2. The molecule has 6 nitrogen and oxygen atoms in total. The van der Waals surface area contributed by atoms with Gasteiger partial charge in [-0.05, 0) is 10.4 Å². The number of aromatic nitrogens is 4. The fourth-order valence-corrected chi connectivity index (χ4v) is 0.868. The second-order valence-corrected chi connectivity index (χ2v) is 2.88. The molecular formula is C8H11N5O. The van der Waals surface area contributed by atoms with Crippen molar-refractivity contribution >= 4 is 5.91 Å². The normalized spacial score (nSPS) is 11.7. The Balaban J connectivity index is 2.32. The molecule has 2 N–H and O–H groups in total. The van der Waals surface area contributed by atoms with Crippen LogP contribution in [0.1, 0.15) is 19.2 Å². The molecule has 0 aliphatic carbocycles. The molecule has 0 saturated heterocycles. The van der Waals surface area contributed by atoms with E-state index in [-0.39, 0.29) is 11.8 Å². The molecule has 1 rings (SSSR count). The van der Waals surface area contributed by atoms with Crippen LogP contribution >= 0.6 is 0 Å². The summed E-state index contributed by atoms with van der Waals surface area (Å²) in [5.74, 6) is 2.67. The fourth-order valence-electron chi connectivity index (χ4n) is 0.868. The van der Waals surface area contributed by atoms with Crippen molar-refractivity contribution in [3.05, 3.63) is 5.82 Å². The number of hydrogen-bond acceptors (Lipinski definition) is 4. The Bertz CT molecular complexity index is 326. The van der Waals surface area contributed by atoms with Crippen LogP contribution in [-0.4, -0.2) is 26.5 Å². The molecule has 0 aliphatic heterocycles. The van der Waals surface area contributed by atoms with Gasteiger partial charge in [-0.25, -0.2) is 5.10 Å². The number of carbonyl (C=O) groups excluding carboxylic acids is 1. The Morgan fingerprint density at radius 3 is 3.14 bits per heavy atom. The van der Waals surface area contributed by atoms with Crippen LogP contribution in [0.25, 0.3) is 0 Å². The molecule has 1 atom stereocenters. The van der Waals surface area contributed by atoms with E-state index in [1.807, 2.05) is 0 Å². The molecule has 0 spiro atoms. The molecule has 6 heteroatoms. The molecule has 74 valence electrons. The van der Waals surface area contributed by atoms with Gasteiger partial charge in [0, 0.05) is 12.3 Å². The highest BCUT2D eigenvalue weighted by atomic mass is 16.1. The number of rotatable bonds is 4. The summed E-state index contributed by atoms with van der Waals surface area (Å²) in [5.41, 5.74) is 0. The monoisotopic (exact) mass is 193 g/mol. The number of nitrogens with one attached hydrogen (secondary N) is 2. The number of nitrogens with zero attached hydrogens (tertiary/aromatic N) is 3. The predicted molar refractivity (Wildman–Crippen MR) is 48.6 cm³/mol. The second-order valence-electron chi connectivity index (χ2n) is 2.88. The van der Waals surface area contributed by atoms with Crippen molar-refractivity contribution in [2.45, 2.75) is 19.9 Å². The lowest BCUT2D eigenvalue weighted by Gasteiger charge is -2.07. The number of terminal acetylenes is 1. The highest BCUT2D eigenvalue weighted by molar-refractivity contribution is 5.78. The van der Waals surface area contributed by atoms with Gasteiger partial charge >= 0.3 is 0 Å². The lowest BCUT2D eigenvalue weighted by Crippen LogP contribution is -2.28. The topological polar surface area (TPSA) is 83.6 Å². The highest BCUT2D eigenvalue weighted by Gasteiger charge is 2.11. The van der Waals surface area contributed by atoms with Crippen LogP contribution in [0.15, 0.2) is 0 Å². The first-order chi connectivity index (χ1) is 6.74. The van der Waals surface area contributed by atoms with Crippen LogP contribution < -0.4 is 5.32 Å². The minimum absolute atomic E-state index is 0.0978. The van der Waals surface area contributed by atoms with Gasteiger partial charge in [-0.3, -0.25) is 4.79 Å². The number of amides is 1. The number of H-pyrrole nitrogens is 1. The van der Waals surface area contributed by atoms with E-state index in [1.165, 1.54) is 0 Å². The van der Waals surface area contributed by atoms with Gasteiger partial charge in [0.1, 0.15) is 0 Å². The summed E-state index contributed by atoms with van der Waals surface area (Å²) in [6.45, 7) is 2.06. The summed E-state index contributed by atoms with van der Waals surface area (Å²) >= 11 is 0. The smallest absolute Gasteiger partial charge is 0.224 e. The van der Waals surface area contributed by atoms with Gasteiger partial charge in [0.15, 0.2) is 5.82 Å². The highest BCUT2D eigenvalue weighted by Crippen LogP contribution is 1.99. The number of tetrazole rings is 1. The summed E-state index contributed by atoms with van der Waals surface area (Å²) < 4.78 is 0. The van der Waals surface area contributed by atoms with E-state index >= 15 is 0 Å². The van der Waals surface area contributed by atoms with Gasteiger partial charge in [-0.1, -0.05) is 6.92 Å². The third-order valence-corrected chi connectivity index (χ3v) is 1.69. The second kappa shape index (κ2) is 4.97. The quantitative estimate of drug-likeness (QED) is 0.630. The SMILES string of the molecule is C#CC[C@@H](C)C(=O)NCc1nnn[nH]1. The van der Waals surface area contributed by atoms with Crippen LogP contribution in [0.5, 0.6) is 0 Å². The summed E-state index contributed by atoms with van der Waals surface area (Å²) in [6, 6.07) is 0. The molecular weight excluding hydrogens is 182 g/mol. The average Bonchev–Trinajstić information content (AvgIpc) is 2.67. The largest absolute Gasteiger partial charge is 0.348 e. The molecule has 1 amide bonds. The summed E-state index contributed by atoms with van der Waals surface area (Å²) in [6.07, 6.45) is 5.52. The molecule has 0 aromatic carbocycles. The van der Waals surface area contributed by atoms with Crippen molar-refractivity contribution < 1.29 is 4.79 Å². The van der Waals surface area contributed by atoms with Crippen LogP contribution in [0.2, 0.25) is 0 Å². The lowest BCUT2D eigenvalue weighted by atomic mass is 10.1. The molecule has 1 aromatic heterocycles. The molecule has 0 radical (unpaired) electrons. The van der Waals surface area contributed by atoms with Crippen LogP contribution in [-0.2, 0) is 11.3 Å². The third-order valence-electron chi connectivity index (χ3n) is 1.69. The molecule has 0 saturated carbocycles. The zero-order chi connectivity index (χ0) is 10.4. The van der Waals surface area contributed by atoms with Crippen molar-refractivity contribution in [1.29, 1.82) is 0 Å². The van der Waals surface area contributed by atoms with Crippen LogP contribution in [0.3, 0.4) is 0 Å². The lowest BCUT2D eigenvalue weighted by molar-refractivity contribution is -0.124. The van der Waals surface area contributed by atoms with Crippen molar-refractivity contribution in [1.82, 2.24) is 25.9 Å². The van der Waals surface area contributed by atoms with E-state index in [2.05, 4.69) is 31.9 Å². The standard InChI is InChI=1S/C8H11N5O/c1-3-4-6(2)8(14)9-5-7-10-12-13-11-7/h1,6H,4-5H2,2H3,(H,9,14)(H,10,11,12,13)/t6-/m1/s1. The van der Waals surface area contributed by atoms with Gasteiger partial charge in [0.05, 0.1) is 6.54 Å². The summed E-state index contributed by atoms with van der Waals surface area (Å²) in [4.78, 5) is 11.3. The molecule has 1 heterocycles. The maximum absolute atomic E-state index is 11.3. The van der Waals surface area contributed by atoms with E-state index in [0.717, 1.165) is 0 Å². The zero-order valence-electron chi connectivity index (χ0n) is 7.82. The van der Waals surface area contributed by atoms with E-state index < -0.39 is 0 Å². The fraction of sp³-hybridized carbons (Fsp3) is 0.500. The Kier molecular flexibility index (Phi) is 3.61. The maximum atomic E-state index is 11.3. The van der Waals surface area contributed by atoms with Crippen LogP contribution in [0, 0.1) is 18.3 Å². The summed E-state index contributed by atoms with van der Waals surface area (Å²) in [7, 11) is 0. The minimum atomic E-state index is -0.184.